The Balaban J connectivity index is 1.58. The Kier molecular flexibility index (Phi) is 3.81. The number of rotatable bonds is 3. The van der Waals surface area contributed by atoms with Crippen LogP contribution < -0.4 is 5.32 Å². The molecule has 1 saturated carbocycles. The summed E-state index contributed by atoms with van der Waals surface area (Å²) in [6, 6.07) is 17.1. The first-order valence-electron chi connectivity index (χ1n) is 6.49. The van der Waals surface area contributed by atoms with Gasteiger partial charge in [0.15, 0.2) is 0 Å². The van der Waals surface area contributed by atoms with Crippen LogP contribution in [0.5, 0.6) is 0 Å². The molecule has 0 aromatic heterocycles. The molecule has 1 N–H and O–H groups in total. The second kappa shape index (κ2) is 5.56. The molecule has 0 bridgehead atoms. The Morgan fingerprint density at radius 1 is 1.00 bits per heavy atom. The number of halogens is 2. The standard InChI is InChI=1S/C16H15BrClN/c17-15-3-1-2-4-16(15)19-14-9-12(10-14)11-5-7-13(18)8-6-11/h1-8,12,14,19H,9-10H2. The Hall–Kier alpha value is -0.990. The number of anilines is 1. The minimum Gasteiger partial charge on any atom is -0.381 e. The minimum atomic E-state index is 0.569. The highest BCUT2D eigenvalue weighted by Gasteiger charge is 2.30. The molecule has 0 atom stereocenters. The predicted octanol–water partition coefficient (Wildman–Crippen LogP) is 5.46. The molecule has 1 aliphatic carbocycles. The monoisotopic (exact) mass is 335 g/mol. The molecule has 0 saturated heterocycles. The van der Waals surface area contributed by atoms with Crippen LogP contribution in [-0.4, -0.2) is 6.04 Å². The van der Waals surface area contributed by atoms with Crippen LogP contribution in [0.25, 0.3) is 0 Å². The summed E-state index contributed by atoms with van der Waals surface area (Å²) in [4.78, 5) is 0. The third-order valence-corrected chi connectivity index (χ3v) is 4.66. The van der Waals surface area contributed by atoms with E-state index in [1.807, 2.05) is 18.2 Å². The normalized spacial score (nSPS) is 21.8. The van der Waals surface area contributed by atoms with Gasteiger partial charge in [-0.3, -0.25) is 0 Å². The summed E-state index contributed by atoms with van der Waals surface area (Å²) in [6.07, 6.45) is 2.37. The van der Waals surface area contributed by atoms with Gasteiger partial charge in [-0.15, -0.1) is 0 Å². The molecule has 19 heavy (non-hydrogen) atoms. The van der Waals surface area contributed by atoms with E-state index in [1.54, 1.807) is 0 Å². The van der Waals surface area contributed by atoms with Crippen molar-refractivity contribution in [3.8, 4) is 0 Å². The van der Waals surface area contributed by atoms with Gasteiger partial charge in [-0.2, -0.15) is 0 Å². The summed E-state index contributed by atoms with van der Waals surface area (Å²) >= 11 is 9.48. The average Bonchev–Trinajstić information content (AvgIpc) is 2.37. The van der Waals surface area contributed by atoms with Crippen LogP contribution in [0.1, 0.15) is 24.3 Å². The number of hydrogen-bond acceptors (Lipinski definition) is 1. The molecule has 1 aliphatic rings. The number of benzene rings is 2. The van der Waals surface area contributed by atoms with E-state index in [4.69, 9.17) is 11.6 Å². The third-order valence-electron chi connectivity index (χ3n) is 3.71. The van der Waals surface area contributed by atoms with Crippen molar-refractivity contribution in [2.45, 2.75) is 24.8 Å². The minimum absolute atomic E-state index is 0.569. The summed E-state index contributed by atoms with van der Waals surface area (Å²) in [5.74, 6) is 0.664. The second-order valence-electron chi connectivity index (χ2n) is 5.04. The zero-order valence-corrected chi connectivity index (χ0v) is 12.8. The number of para-hydroxylation sites is 1. The Morgan fingerprint density at radius 3 is 2.37 bits per heavy atom. The maximum absolute atomic E-state index is 5.91. The molecule has 98 valence electrons. The first-order chi connectivity index (χ1) is 9.22. The highest BCUT2D eigenvalue weighted by atomic mass is 79.9. The lowest BCUT2D eigenvalue weighted by atomic mass is 9.76. The molecule has 3 heteroatoms. The second-order valence-corrected chi connectivity index (χ2v) is 6.33. The Bertz CT molecular complexity index is 561. The molecule has 2 aromatic carbocycles. The van der Waals surface area contributed by atoms with Gasteiger partial charge in [0.1, 0.15) is 0 Å². The zero-order chi connectivity index (χ0) is 13.2. The summed E-state index contributed by atoms with van der Waals surface area (Å²) in [5, 5.41) is 4.40. The van der Waals surface area contributed by atoms with Gasteiger partial charge in [0.25, 0.3) is 0 Å². The van der Waals surface area contributed by atoms with E-state index in [0.29, 0.717) is 12.0 Å². The van der Waals surface area contributed by atoms with Crippen molar-refractivity contribution >= 4 is 33.2 Å². The van der Waals surface area contributed by atoms with E-state index in [2.05, 4.69) is 51.6 Å². The van der Waals surface area contributed by atoms with Crippen molar-refractivity contribution in [3.63, 3.8) is 0 Å². The van der Waals surface area contributed by atoms with Gasteiger partial charge in [-0.05, 0) is 64.5 Å². The van der Waals surface area contributed by atoms with E-state index in [1.165, 1.54) is 24.1 Å². The van der Waals surface area contributed by atoms with Gasteiger partial charge in [0.2, 0.25) is 0 Å². The van der Waals surface area contributed by atoms with E-state index in [0.717, 1.165) is 9.50 Å². The van der Waals surface area contributed by atoms with Gasteiger partial charge < -0.3 is 5.32 Å². The van der Waals surface area contributed by atoms with Gasteiger partial charge in [0.05, 0.1) is 0 Å². The molecule has 0 aliphatic heterocycles. The van der Waals surface area contributed by atoms with Crippen LogP contribution in [0, 0.1) is 0 Å². The molecule has 0 amide bonds. The third kappa shape index (κ3) is 2.96. The maximum atomic E-state index is 5.91. The van der Waals surface area contributed by atoms with Crippen molar-refractivity contribution in [2.75, 3.05) is 5.32 Å². The Labute approximate surface area is 127 Å². The summed E-state index contributed by atoms with van der Waals surface area (Å²) in [5.41, 5.74) is 2.58. The molecule has 3 rings (SSSR count). The molecule has 1 nitrogen and oxygen atoms in total. The molecule has 0 unspecified atom stereocenters. The zero-order valence-electron chi connectivity index (χ0n) is 10.4. The SMILES string of the molecule is Clc1ccc(C2CC(Nc3ccccc3Br)C2)cc1. The Morgan fingerprint density at radius 2 is 1.68 bits per heavy atom. The average molecular weight is 337 g/mol. The van der Waals surface area contributed by atoms with Gasteiger partial charge >= 0.3 is 0 Å². The molecule has 1 fully saturated rings. The van der Waals surface area contributed by atoms with Gasteiger partial charge in [-0.1, -0.05) is 35.9 Å². The van der Waals surface area contributed by atoms with Crippen LogP contribution in [-0.2, 0) is 0 Å². The lowest BCUT2D eigenvalue weighted by Crippen LogP contribution is -2.34. The fourth-order valence-electron chi connectivity index (χ4n) is 2.54. The van der Waals surface area contributed by atoms with Gasteiger partial charge in [0, 0.05) is 21.2 Å². The van der Waals surface area contributed by atoms with Crippen molar-refractivity contribution in [1.82, 2.24) is 0 Å². The van der Waals surface area contributed by atoms with E-state index >= 15 is 0 Å². The molecular weight excluding hydrogens is 322 g/mol. The fraction of sp³-hybridized carbons (Fsp3) is 0.250. The quantitative estimate of drug-likeness (QED) is 0.784. The molecule has 0 radical (unpaired) electrons. The van der Waals surface area contributed by atoms with E-state index < -0.39 is 0 Å². The van der Waals surface area contributed by atoms with Gasteiger partial charge in [-0.25, -0.2) is 0 Å². The largest absolute Gasteiger partial charge is 0.381 e. The van der Waals surface area contributed by atoms with Crippen LogP contribution >= 0.6 is 27.5 Å². The van der Waals surface area contributed by atoms with E-state index in [-0.39, 0.29) is 0 Å². The lowest BCUT2D eigenvalue weighted by Gasteiger charge is -2.37. The highest BCUT2D eigenvalue weighted by molar-refractivity contribution is 9.10. The maximum Gasteiger partial charge on any atom is 0.0486 e. The smallest absolute Gasteiger partial charge is 0.0486 e. The predicted molar refractivity (Wildman–Crippen MR) is 85.0 cm³/mol. The first-order valence-corrected chi connectivity index (χ1v) is 7.66. The van der Waals surface area contributed by atoms with Crippen LogP contribution in [0.3, 0.4) is 0 Å². The summed E-state index contributed by atoms with van der Waals surface area (Å²) in [6.45, 7) is 0. The van der Waals surface area contributed by atoms with Crippen LogP contribution in [0.2, 0.25) is 5.02 Å². The number of hydrogen-bond donors (Lipinski definition) is 1. The molecule has 2 aromatic rings. The highest BCUT2D eigenvalue weighted by Crippen LogP contribution is 2.39. The topological polar surface area (TPSA) is 12.0 Å². The first kappa shape index (κ1) is 13.0. The van der Waals surface area contributed by atoms with Crippen molar-refractivity contribution in [3.05, 3.63) is 63.6 Å². The number of nitrogens with one attached hydrogen (secondary N) is 1. The van der Waals surface area contributed by atoms with Crippen LogP contribution in [0.15, 0.2) is 53.0 Å². The molecule has 0 heterocycles. The lowest BCUT2D eigenvalue weighted by molar-refractivity contribution is 0.374. The van der Waals surface area contributed by atoms with Crippen molar-refractivity contribution in [2.24, 2.45) is 0 Å². The van der Waals surface area contributed by atoms with Crippen LogP contribution in [0.4, 0.5) is 5.69 Å². The molecular formula is C16H15BrClN. The van der Waals surface area contributed by atoms with Crippen molar-refractivity contribution < 1.29 is 0 Å². The summed E-state index contributed by atoms with van der Waals surface area (Å²) in [7, 11) is 0. The molecule has 0 spiro atoms. The fourth-order valence-corrected chi connectivity index (χ4v) is 3.07. The van der Waals surface area contributed by atoms with E-state index in [9.17, 15) is 0 Å². The van der Waals surface area contributed by atoms with Crippen molar-refractivity contribution in [1.29, 1.82) is 0 Å². The summed E-state index contributed by atoms with van der Waals surface area (Å²) < 4.78 is 1.13.